The number of hydrogen-bond acceptors (Lipinski definition) is 3. The molecule has 3 aromatic rings. The Hall–Kier alpha value is -2.11. The van der Waals surface area contributed by atoms with Crippen molar-refractivity contribution >= 4 is 21.8 Å². The van der Waals surface area contributed by atoms with Crippen LogP contribution in [0.1, 0.15) is 13.8 Å². The molecule has 0 fully saturated rings. The summed E-state index contributed by atoms with van der Waals surface area (Å²) in [7, 11) is 0. The lowest BCUT2D eigenvalue weighted by molar-refractivity contribution is -0.185. The molecule has 23 heavy (non-hydrogen) atoms. The highest BCUT2D eigenvalue weighted by molar-refractivity contribution is 6.10. The average Bonchev–Trinajstić information content (AvgIpc) is 2.94. The van der Waals surface area contributed by atoms with Crippen LogP contribution in [-0.4, -0.2) is 30.3 Å². The molecule has 4 nitrogen and oxygen atoms in total. The first-order valence-electron chi connectivity index (χ1n) is 7.82. The van der Waals surface area contributed by atoms with Crippen LogP contribution in [0.15, 0.2) is 42.5 Å². The Labute approximate surface area is 134 Å². The summed E-state index contributed by atoms with van der Waals surface area (Å²) < 4.78 is 18.5. The topological polar surface area (TPSA) is 46.3 Å². The molecule has 0 aliphatic rings. The second-order valence-corrected chi connectivity index (χ2v) is 5.93. The summed E-state index contributed by atoms with van der Waals surface area (Å²) in [6.45, 7) is 4.55. The molecule has 0 aliphatic carbocycles. The molecule has 0 amide bonds. The van der Waals surface area contributed by atoms with Crippen molar-refractivity contribution < 1.29 is 14.2 Å². The number of ether oxygens (including phenoxy) is 1. The van der Waals surface area contributed by atoms with Crippen molar-refractivity contribution in [2.24, 2.45) is 0 Å². The Bertz CT molecular complexity index is 785. The minimum atomic E-state index is -0.641. The molecular weight excluding hydrogens is 294 g/mol. The molecule has 3 rings (SSSR count). The first-order chi connectivity index (χ1) is 11.2. The van der Waals surface area contributed by atoms with Gasteiger partial charge in [-0.05, 0) is 22.7 Å². The fourth-order valence-corrected chi connectivity index (χ4v) is 2.65. The van der Waals surface area contributed by atoms with Crippen molar-refractivity contribution in [1.29, 1.82) is 0 Å². The molecule has 0 spiro atoms. The molecule has 1 aromatic heterocycles. The largest absolute Gasteiger partial charge is 0.490 e. The summed E-state index contributed by atoms with van der Waals surface area (Å²) in [5.74, 6) is 0.728. The third kappa shape index (κ3) is 3.46. The van der Waals surface area contributed by atoms with Gasteiger partial charge < -0.3 is 15.0 Å². The van der Waals surface area contributed by atoms with E-state index in [2.05, 4.69) is 15.2 Å². The van der Waals surface area contributed by atoms with Gasteiger partial charge in [-0.25, -0.2) is 0 Å². The smallest absolute Gasteiger partial charge is 0.145 e. The first-order valence-corrected chi connectivity index (χ1v) is 7.82. The van der Waals surface area contributed by atoms with Crippen LogP contribution in [0.5, 0.6) is 5.75 Å². The van der Waals surface area contributed by atoms with Crippen LogP contribution < -0.4 is 10.1 Å². The fourth-order valence-electron chi connectivity index (χ4n) is 2.65. The Morgan fingerprint density at radius 2 is 1.87 bits per heavy atom. The normalized spacial score (nSPS) is 13.0. The summed E-state index contributed by atoms with van der Waals surface area (Å²) in [5, 5.41) is 5.25. The predicted molar refractivity (Wildman–Crippen MR) is 90.4 cm³/mol. The molecule has 2 N–H and O–H groups in total. The van der Waals surface area contributed by atoms with E-state index in [4.69, 9.17) is 4.74 Å². The molecule has 2 aromatic carbocycles. The van der Waals surface area contributed by atoms with Crippen molar-refractivity contribution in [3.8, 4) is 5.75 Å². The van der Waals surface area contributed by atoms with Crippen molar-refractivity contribution in [3.05, 3.63) is 42.5 Å². The Balaban J connectivity index is 1.82. The van der Waals surface area contributed by atoms with Gasteiger partial charge in [-0.3, -0.25) is 0 Å². The summed E-state index contributed by atoms with van der Waals surface area (Å²) >= 11 is 0. The highest BCUT2D eigenvalue weighted by atomic mass is 18.4. The van der Waals surface area contributed by atoms with Gasteiger partial charge in [0.25, 0.3) is 0 Å². The Morgan fingerprint density at radius 1 is 1.09 bits per heavy atom. The molecule has 0 radical (unpaired) electrons. The van der Waals surface area contributed by atoms with Crippen LogP contribution in [-0.2, 0) is 4.94 Å². The molecule has 0 saturated heterocycles. The van der Waals surface area contributed by atoms with Gasteiger partial charge in [0.1, 0.15) is 18.5 Å². The molecule has 5 heteroatoms. The zero-order valence-corrected chi connectivity index (χ0v) is 13.3. The number of para-hydroxylation sites is 1. The highest BCUT2D eigenvalue weighted by Crippen LogP contribution is 2.32. The number of aromatic amines is 1. The van der Waals surface area contributed by atoms with Crippen LogP contribution in [0.25, 0.3) is 21.8 Å². The predicted octanol–water partition coefficient (Wildman–Crippen LogP) is 3.97. The lowest BCUT2D eigenvalue weighted by Crippen LogP contribution is -2.35. The maximum atomic E-state index is 12.7. The number of benzene rings is 2. The van der Waals surface area contributed by atoms with E-state index in [1.807, 2.05) is 56.3 Å². The van der Waals surface area contributed by atoms with Gasteiger partial charge in [0.15, 0.2) is 0 Å². The number of fused-ring (bicyclic) bond motifs is 3. The van der Waals surface area contributed by atoms with E-state index in [1.165, 1.54) is 0 Å². The van der Waals surface area contributed by atoms with E-state index in [1.54, 1.807) is 0 Å². The van der Waals surface area contributed by atoms with Crippen LogP contribution in [0, 0.1) is 0 Å². The number of aromatic nitrogens is 1. The van der Waals surface area contributed by atoms with E-state index in [-0.39, 0.29) is 12.6 Å². The first kappa shape index (κ1) is 15.8. The lowest BCUT2D eigenvalue weighted by Gasteiger charge is -2.16. The van der Waals surface area contributed by atoms with E-state index in [9.17, 15) is 4.53 Å². The minimum absolute atomic E-state index is 0.148. The number of H-pyrrole nitrogens is 1. The maximum Gasteiger partial charge on any atom is 0.145 e. The molecule has 0 bridgehead atoms. The van der Waals surface area contributed by atoms with E-state index in [0.29, 0.717) is 6.54 Å². The minimum Gasteiger partial charge on any atom is -0.490 e. The van der Waals surface area contributed by atoms with Crippen LogP contribution >= 0.6 is 0 Å². The number of nitrogens with one attached hydrogen (secondary N) is 2. The van der Waals surface area contributed by atoms with Gasteiger partial charge in [-0.15, -0.1) is 0 Å². The third-order valence-electron chi connectivity index (χ3n) is 3.80. The molecule has 1 heterocycles. The average molecular weight is 315 g/mol. The molecule has 122 valence electrons. The van der Waals surface area contributed by atoms with Gasteiger partial charge >= 0.3 is 0 Å². The molecule has 1 atom stereocenters. The van der Waals surface area contributed by atoms with Crippen LogP contribution in [0.4, 0.5) is 4.53 Å². The fraction of sp³-hybridized carbons (Fsp3) is 0.333. The van der Waals surface area contributed by atoms with Gasteiger partial charge in [-0.2, -0.15) is 4.94 Å². The van der Waals surface area contributed by atoms with E-state index in [0.717, 1.165) is 27.6 Å². The van der Waals surface area contributed by atoms with Gasteiger partial charge in [0.2, 0.25) is 0 Å². The molecule has 1 unspecified atom stereocenters. The molecule has 0 saturated carbocycles. The van der Waals surface area contributed by atoms with Crippen LogP contribution in [0.2, 0.25) is 0 Å². The van der Waals surface area contributed by atoms with Gasteiger partial charge in [-0.1, -0.05) is 38.1 Å². The second-order valence-electron chi connectivity index (χ2n) is 5.93. The maximum absolute atomic E-state index is 12.7. The van der Waals surface area contributed by atoms with E-state index >= 15 is 0 Å². The van der Waals surface area contributed by atoms with Crippen molar-refractivity contribution in [2.75, 3.05) is 13.2 Å². The zero-order chi connectivity index (χ0) is 16.2. The SMILES string of the molecule is CC(C)NCC(COc1cccc2[nH]c3ccccc3c12)O[18F]. The van der Waals surface area contributed by atoms with Crippen LogP contribution in [0.3, 0.4) is 0 Å². The summed E-state index contributed by atoms with van der Waals surface area (Å²) in [6.07, 6.45) is -0.641. The lowest BCUT2D eigenvalue weighted by atomic mass is 10.1. The van der Waals surface area contributed by atoms with Gasteiger partial charge in [0, 0.05) is 28.9 Å². The van der Waals surface area contributed by atoms with Crippen molar-refractivity contribution in [3.63, 3.8) is 0 Å². The number of hydrogen-bond donors (Lipinski definition) is 2. The summed E-state index contributed by atoms with van der Waals surface area (Å²) in [6, 6.07) is 14.1. The van der Waals surface area contributed by atoms with Gasteiger partial charge in [0.05, 0.1) is 5.52 Å². The van der Waals surface area contributed by atoms with Crippen molar-refractivity contribution in [1.82, 2.24) is 10.3 Å². The zero-order valence-electron chi connectivity index (χ0n) is 13.3. The number of rotatable bonds is 7. The monoisotopic (exact) mass is 315 g/mol. The second kappa shape index (κ2) is 6.98. The third-order valence-corrected chi connectivity index (χ3v) is 3.80. The quantitative estimate of drug-likeness (QED) is 0.693. The van der Waals surface area contributed by atoms with Crippen molar-refractivity contribution in [2.45, 2.75) is 26.0 Å². The Kier molecular flexibility index (Phi) is 4.79. The molecular formula is C18H21FN2O2. The molecule has 0 aliphatic heterocycles. The Morgan fingerprint density at radius 3 is 2.65 bits per heavy atom. The standard InChI is InChI=1S/C18H21FN2O2/c1-12(2)20-10-13(23-19)11-22-17-9-5-8-16-18(17)14-6-3-4-7-15(14)21-16/h3-9,12-13,20-21H,10-11H2,1-2H3/i19-1. The van der Waals surface area contributed by atoms with E-state index < -0.39 is 6.10 Å². The summed E-state index contributed by atoms with van der Waals surface area (Å²) in [4.78, 5) is 7.37. The number of halogens is 1. The summed E-state index contributed by atoms with van der Waals surface area (Å²) in [5.41, 5.74) is 2.06. The highest BCUT2D eigenvalue weighted by Gasteiger charge is 2.14.